The Morgan fingerprint density at radius 3 is 2.43 bits per heavy atom. The molecule has 1 aliphatic heterocycles. The number of benzene rings is 3. The van der Waals surface area contributed by atoms with Gasteiger partial charge in [-0.05, 0) is 69.0 Å². The van der Waals surface area contributed by atoms with Gasteiger partial charge in [-0.3, -0.25) is 9.36 Å². The molecule has 0 spiro atoms. The first-order valence-electron chi connectivity index (χ1n) is 11.7. The normalized spacial score (nSPS) is 15.8. The average molecular weight is 473 g/mol. The third-order valence-electron chi connectivity index (χ3n) is 6.95. The average Bonchev–Trinajstić information content (AvgIpc) is 3.49. The lowest BCUT2D eigenvalue weighted by atomic mass is 10.1. The first-order valence-corrected chi connectivity index (χ1v) is 11.7. The van der Waals surface area contributed by atoms with Crippen LogP contribution in [0.25, 0.3) is 16.5 Å². The lowest BCUT2D eigenvalue weighted by Gasteiger charge is -2.24. The van der Waals surface area contributed by atoms with Gasteiger partial charge in [-0.1, -0.05) is 18.2 Å². The van der Waals surface area contributed by atoms with Crippen molar-refractivity contribution >= 4 is 28.1 Å². The molecular weight excluding hydrogens is 443 g/mol. The maximum atomic E-state index is 15.0. The molecule has 0 bridgehead atoms. The largest absolute Gasteiger partial charge is 0.494 e. The van der Waals surface area contributed by atoms with Crippen LogP contribution >= 0.6 is 0 Å². The second-order valence-corrected chi connectivity index (χ2v) is 9.31. The number of carbonyl (C=O) groups is 1. The molecule has 180 valence electrons. The van der Waals surface area contributed by atoms with Gasteiger partial charge in [-0.25, -0.2) is 4.39 Å². The Hall–Kier alpha value is -3.84. The number of aromatic nitrogens is 1. The molecule has 1 saturated heterocycles. The van der Waals surface area contributed by atoms with E-state index in [-0.39, 0.29) is 17.6 Å². The van der Waals surface area contributed by atoms with E-state index in [2.05, 4.69) is 9.80 Å². The van der Waals surface area contributed by atoms with Gasteiger partial charge >= 0.3 is 0 Å². The number of amides is 1. The van der Waals surface area contributed by atoms with Crippen LogP contribution in [0.5, 0.6) is 5.88 Å². The molecule has 0 radical (unpaired) electrons. The fourth-order valence-electron chi connectivity index (χ4n) is 4.76. The molecule has 4 aromatic rings. The summed E-state index contributed by atoms with van der Waals surface area (Å²) in [5.41, 5.74) is 2.29. The molecule has 1 amide bonds. The van der Waals surface area contributed by atoms with Crippen LogP contribution in [-0.4, -0.2) is 60.8 Å². The standard InChI is InChI=1S/C28H29FN4O2/c1-30(2)23-14-15-32(18-23)26-13-12-22(16-25(26)29)31(3)27(34)19-8-10-21(11-9-19)33-17-20-6-4-5-7-24(20)28(33)35/h4-13,16-17,23,35H,14-15,18H2,1-3H3. The van der Waals surface area contributed by atoms with Crippen LogP contribution in [0, 0.1) is 5.82 Å². The number of aromatic hydroxyl groups is 1. The van der Waals surface area contributed by atoms with E-state index >= 15 is 4.39 Å². The van der Waals surface area contributed by atoms with Gasteiger partial charge < -0.3 is 19.8 Å². The van der Waals surface area contributed by atoms with Crippen LogP contribution in [0.3, 0.4) is 0 Å². The SMILES string of the molecule is CN(C(=O)c1ccc(-n2cc3ccccc3c2O)cc1)c1ccc(N2CCC(N(C)C)C2)c(F)c1. The van der Waals surface area contributed by atoms with Gasteiger partial charge in [-0.2, -0.15) is 0 Å². The topological polar surface area (TPSA) is 52.0 Å². The van der Waals surface area contributed by atoms with Gasteiger partial charge in [0.05, 0.1) is 5.69 Å². The molecule has 7 heteroatoms. The van der Waals surface area contributed by atoms with Crippen molar-refractivity contribution in [1.82, 2.24) is 9.47 Å². The highest BCUT2D eigenvalue weighted by Crippen LogP contribution is 2.31. The summed E-state index contributed by atoms with van der Waals surface area (Å²) in [4.78, 5) is 18.8. The molecule has 3 aromatic carbocycles. The molecule has 5 rings (SSSR count). The number of carbonyl (C=O) groups excluding carboxylic acids is 1. The highest BCUT2D eigenvalue weighted by molar-refractivity contribution is 6.06. The van der Waals surface area contributed by atoms with Gasteiger partial charge in [0.25, 0.3) is 5.91 Å². The van der Waals surface area contributed by atoms with Crippen molar-refractivity contribution in [2.75, 3.05) is 44.0 Å². The molecular formula is C28H29FN4O2. The highest BCUT2D eigenvalue weighted by Gasteiger charge is 2.26. The van der Waals surface area contributed by atoms with E-state index < -0.39 is 0 Å². The lowest BCUT2D eigenvalue weighted by molar-refractivity contribution is 0.0993. The zero-order chi connectivity index (χ0) is 24.7. The van der Waals surface area contributed by atoms with Crippen LogP contribution in [0.4, 0.5) is 15.8 Å². The number of likely N-dealkylation sites (N-methyl/N-ethyl adjacent to an activating group) is 1. The van der Waals surface area contributed by atoms with E-state index in [9.17, 15) is 9.90 Å². The quantitative estimate of drug-likeness (QED) is 0.449. The maximum absolute atomic E-state index is 15.0. The monoisotopic (exact) mass is 472 g/mol. The highest BCUT2D eigenvalue weighted by atomic mass is 19.1. The smallest absolute Gasteiger partial charge is 0.258 e. The lowest BCUT2D eigenvalue weighted by Crippen LogP contribution is -2.31. The van der Waals surface area contributed by atoms with E-state index in [0.29, 0.717) is 23.0 Å². The Labute approximate surface area is 204 Å². The summed E-state index contributed by atoms with van der Waals surface area (Å²) < 4.78 is 16.7. The van der Waals surface area contributed by atoms with E-state index in [1.807, 2.05) is 44.6 Å². The fourth-order valence-corrected chi connectivity index (χ4v) is 4.76. The molecule has 1 aromatic heterocycles. The van der Waals surface area contributed by atoms with E-state index in [1.165, 1.54) is 11.0 Å². The first kappa shape index (κ1) is 22.9. The minimum atomic E-state index is -0.327. The molecule has 1 atom stereocenters. The van der Waals surface area contributed by atoms with Gasteiger partial charge in [0, 0.05) is 60.1 Å². The molecule has 6 nitrogen and oxygen atoms in total. The summed E-state index contributed by atoms with van der Waals surface area (Å²) in [5.74, 6) is -0.409. The van der Waals surface area contributed by atoms with E-state index in [4.69, 9.17) is 0 Å². The molecule has 1 fully saturated rings. The second kappa shape index (κ2) is 9.07. The number of rotatable bonds is 5. The minimum absolute atomic E-state index is 0.155. The number of halogens is 1. The Kier molecular flexibility index (Phi) is 5.94. The van der Waals surface area contributed by atoms with Crippen LogP contribution < -0.4 is 9.80 Å². The van der Waals surface area contributed by atoms with Gasteiger partial charge in [0.1, 0.15) is 5.82 Å². The summed E-state index contributed by atoms with van der Waals surface area (Å²) in [6, 6.07) is 20.0. The second-order valence-electron chi connectivity index (χ2n) is 9.31. The van der Waals surface area contributed by atoms with Crippen molar-refractivity contribution in [3.8, 4) is 11.6 Å². The van der Waals surface area contributed by atoms with E-state index in [1.54, 1.807) is 48.0 Å². The van der Waals surface area contributed by atoms with Crippen LogP contribution in [0.2, 0.25) is 0 Å². The third-order valence-corrected chi connectivity index (χ3v) is 6.95. The predicted molar refractivity (Wildman–Crippen MR) is 138 cm³/mol. The summed E-state index contributed by atoms with van der Waals surface area (Å²) in [5, 5.41) is 12.3. The Balaban J connectivity index is 1.33. The minimum Gasteiger partial charge on any atom is -0.494 e. The first-order chi connectivity index (χ1) is 16.8. The van der Waals surface area contributed by atoms with Crippen molar-refractivity contribution in [2.45, 2.75) is 12.5 Å². The van der Waals surface area contributed by atoms with Crippen molar-refractivity contribution in [3.05, 3.63) is 84.3 Å². The van der Waals surface area contributed by atoms with Crippen molar-refractivity contribution in [1.29, 1.82) is 0 Å². The Morgan fingerprint density at radius 2 is 1.77 bits per heavy atom. The molecule has 1 unspecified atom stereocenters. The molecule has 2 heterocycles. The van der Waals surface area contributed by atoms with Crippen molar-refractivity contribution < 1.29 is 14.3 Å². The molecule has 0 aliphatic carbocycles. The summed E-state index contributed by atoms with van der Waals surface area (Å²) >= 11 is 0. The number of hydrogen-bond donors (Lipinski definition) is 1. The zero-order valence-corrected chi connectivity index (χ0v) is 20.1. The Morgan fingerprint density at radius 1 is 1.03 bits per heavy atom. The number of anilines is 2. The third kappa shape index (κ3) is 4.23. The van der Waals surface area contributed by atoms with E-state index in [0.717, 1.165) is 36.0 Å². The van der Waals surface area contributed by atoms with Crippen LogP contribution in [0.1, 0.15) is 16.8 Å². The summed E-state index contributed by atoms with van der Waals surface area (Å²) in [7, 11) is 5.74. The predicted octanol–water partition coefficient (Wildman–Crippen LogP) is 4.89. The molecule has 35 heavy (non-hydrogen) atoms. The number of fused-ring (bicyclic) bond motifs is 1. The number of hydrogen-bond acceptors (Lipinski definition) is 4. The fraction of sp³-hybridized carbons (Fsp3) is 0.250. The summed E-state index contributed by atoms with van der Waals surface area (Å²) in [6.45, 7) is 1.60. The molecule has 1 aliphatic rings. The van der Waals surface area contributed by atoms with Gasteiger partial charge in [0.2, 0.25) is 5.88 Å². The summed E-state index contributed by atoms with van der Waals surface area (Å²) in [6.07, 6.45) is 2.86. The molecule has 1 N–H and O–H groups in total. The van der Waals surface area contributed by atoms with Crippen molar-refractivity contribution in [3.63, 3.8) is 0 Å². The number of nitrogens with zero attached hydrogens (tertiary/aromatic N) is 4. The maximum Gasteiger partial charge on any atom is 0.258 e. The zero-order valence-electron chi connectivity index (χ0n) is 20.1. The van der Waals surface area contributed by atoms with Crippen LogP contribution in [-0.2, 0) is 0 Å². The van der Waals surface area contributed by atoms with Gasteiger partial charge in [0.15, 0.2) is 0 Å². The van der Waals surface area contributed by atoms with Crippen LogP contribution in [0.15, 0.2) is 72.9 Å². The van der Waals surface area contributed by atoms with Crippen molar-refractivity contribution in [2.24, 2.45) is 0 Å². The van der Waals surface area contributed by atoms with Gasteiger partial charge in [-0.15, -0.1) is 0 Å². The molecule has 0 saturated carbocycles. The Bertz CT molecular complexity index is 1380.